The number of nitrogens with one attached hydrogen (secondary N) is 1. The summed E-state index contributed by atoms with van der Waals surface area (Å²) in [7, 11) is 2.03. The second-order valence-electron chi connectivity index (χ2n) is 4.75. The Hall–Kier alpha value is -0.830. The third-order valence-electron chi connectivity index (χ3n) is 3.13. The Balaban J connectivity index is 2.43. The zero-order chi connectivity index (χ0) is 11.4. The van der Waals surface area contributed by atoms with Crippen LogP contribution in [0.25, 0.3) is 0 Å². The normalized spacial score (nSPS) is 15.6. The summed E-state index contributed by atoms with van der Waals surface area (Å²) in [6.45, 7) is 10.0. The molecule has 15 heavy (non-hydrogen) atoms. The molecule has 0 radical (unpaired) electrons. The van der Waals surface area contributed by atoms with Crippen molar-refractivity contribution in [3.63, 3.8) is 0 Å². The van der Waals surface area contributed by atoms with E-state index in [0.717, 1.165) is 18.3 Å². The van der Waals surface area contributed by atoms with Crippen LogP contribution in [0, 0.1) is 11.8 Å². The number of nitrogens with zero attached hydrogens (tertiary/aromatic N) is 2. The van der Waals surface area contributed by atoms with Gasteiger partial charge in [-0.25, -0.2) is 4.98 Å². The summed E-state index contributed by atoms with van der Waals surface area (Å²) in [4.78, 5) is 4.34. The topological polar surface area (TPSA) is 29.9 Å². The van der Waals surface area contributed by atoms with E-state index >= 15 is 0 Å². The smallest absolute Gasteiger partial charge is 0.125 e. The molecule has 0 amide bonds. The van der Waals surface area contributed by atoms with E-state index in [1.54, 1.807) is 0 Å². The van der Waals surface area contributed by atoms with E-state index < -0.39 is 0 Å². The quantitative estimate of drug-likeness (QED) is 0.807. The van der Waals surface area contributed by atoms with Gasteiger partial charge in [0.15, 0.2) is 0 Å². The molecule has 0 aromatic carbocycles. The molecule has 1 heterocycles. The minimum absolute atomic E-state index is 0.325. The lowest BCUT2D eigenvalue weighted by Crippen LogP contribution is -2.28. The second-order valence-corrected chi connectivity index (χ2v) is 4.75. The highest BCUT2D eigenvalue weighted by Crippen LogP contribution is 2.12. The largest absolute Gasteiger partial charge is 0.337 e. The molecule has 1 rings (SSSR count). The van der Waals surface area contributed by atoms with Crippen LogP contribution >= 0.6 is 0 Å². The van der Waals surface area contributed by atoms with Crippen molar-refractivity contribution in [1.82, 2.24) is 14.9 Å². The molecule has 1 aromatic heterocycles. The van der Waals surface area contributed by atoms with Crippen molar-refractivity contribution in [2.24, 2.45) is 18.9 Å². The maximum absolute atomic E-state index is 4.34. The molecule has 1 N–H and O–H groups in total. The lowest BCUT2D eigenvalue weighted by Gasteiger charge is -2.20. The van der Waals surface area contributed by atoms with Gasteiger partial charge in [-0.1, -0.05) is 20.8 Å². The SMILES string of the molecule is CC(NCC(C)C(C)C)c1nccn1C. The number of aromatic nitrogens is 2. The highest BCUT2D eigenvalue weighted by molar-refractivity contribution is 4.96. The molecule has 0 fully saturated rings. The molecule has 3 nitrogen and oxygen atoms in total. The first-order valence-corrected chi connectivity index (χ1v) is 5.73. The van der Waals surface area contributed by atoms with Crippen molar-refractivity contribution in [2.45, 2.75) is 33.7 Å². The van der Waals surface area contributed by atoms with E-state index in [9.17, 15) is 0 Å². The highest BCUT2D eigenvalue weighted by atomic mass is 15.1. The lowest BCUT2D eigenvalue weighted by molar-refractivity contribution is 0.369. The molecule has 0 aliphatic rings. The van der Waals surface area contributed by atoms with Gasteiger partial charge in [0.1, 0.15) is 5.82 Å². The number of hydrogen-bond acceptors (Lipinski definition) is 2. The molecule has 0 aliphatic carbocycles. The fourth-order valence-electron chi connectivity index (χ4n) is 1.48. The first-order chi connectivity index (χ1) is 7.02. The number of rotatable bonds is 5. The van der Waals surface area contributed by atoms with E-state index in [-0.39, 0.29) is 0 Å². The van der Waals surface area contributed by atoms with Gasteiger partial charge in [0.25, 0.3) is 0 Å². The van der Waals surface area contributed by atoms with Gasteiger partial charge in [-0.3, -0.25) is 0 Å². The van der Waals surface area contributed by atoms with Crippen molar-refractivity contribution < 1.29 is 0 Å². The Morgan fingerprint density at radius 1 is 1.33 bits per heavy atom. The standard InChI is InChI=1S/C12H23N3/c1-9(2)10(3)8-14-11(4)12-13-6-7-15(12)5/h6-7,9-11,14H,8H2,1-5H3. The zero-order valence-electron chi connectivity index (χ0n) is 10.5. The number of hydrogen-bond donors (Lipinski definition) is 1. The van der Waals surface area contributed by atoms with Gasteiger partial charge in [-0.2, -0.15) is 0 Å². The molecule has 1 aromatic rings. The molecule has 2 atom stereocenters. The van der Waals surface area contributed by atoms with E-state index in [4.69, 9.17) is 0 Å². The average molecular weight is 209 g/mol. The molecule has 0 saturated carbocycles. The van der Waals surface area contributed by atoms with Gasteiger partial charge >= 0.3 is 0 Å². The summed E-state index contributed by atoms with van der Waals surface area (Å²) < 4.78 is 2.07. The summed E-state index contributed by atoms with van der Waals surface area (Å²) in [6.07, 6.45) is 3.83. The molecular formula is C12H23N3. The van der Waals surface area contributed by atoms with Gasteiger partial charge in [-0.05, 0) is 25.3 Å². The second kappa shape index (κ2) is 5.31. The summed E-state index contributed by atoms with van der Waals surface area (Å²) in [5, 5.41) is 3.52. The van der Waals surface area contributed by atoms with E-state index in [1.807, 2.05) is 19.4 Å². The van der Waals surface area contributed by atoms with Crippen LogP contribution in [0.3, 0.4) is 0 Å². The fraction of sp³-hybridized carbons (Fsp3) is 0.750. The van der Waals surface area contributed by atoms with Crippen LogP contribution in [0.5, 0.6) is 0 Å². The van der Waals surface area contributed by atoms with Crippen LogP contribution in [0.1, 0.15) is 39.6 Å². The molecule has 0 spiro atoms. The van der Waals surface area contributed by atoms with E-state index in [0.29, 0.717) is 12.0 Å². The number of aryl methyl sites for hydroxylation is 1. The summed E-state index contributed by atoms with van der Waals surface area (Å²) in [6, 6.07) is 0.325. The molecule has 86 valence electrons. The Labute approximate surface area is 92.9 Å². The monoisotopic (exact) mass is 209 g/mol. The average Bonchev–Trinajstić information content (AvgIpc) is 2.60. The summed E-state index contributed by atoms with van der Waals surface area (Å²) in [5.74, 6) is 2.53. The minimum Gasteiger partial charge on any atom is -0.337 e. The van der Waals surface area contributed by atoms with Crippen molar-refractivity contribution in [3.05, 3.63) is 18.2 Å². The first kappa shape index (κ1) is 12.2. The molecular weight excluding hydrogens is 186 g/mol. The molecule has 3 heteroatoms. The Bertz CT molecular complexity index is 291. The van der Waals surface area contributed by atoms with Gasteiger partial charge in [0.2, 0.25) is 0 Å². The van der Waals surface area contributed by atoms with Crippen LogP contribution in [0.15, 0.2) is 12.4 Å². The van der Waals surface area contributed by atoms with Crippen LogP contribution < -0.4 is 5.32 Å². The fourth-order valence-corrected chi connectivity index (χ4v) is 1.48. The maximum atomic E-state index is 4.34. The van der Waals surface area contributed by atoms with Gasteiger partial charge in [0, 0.05) is 19.4 Å². The Morgan fingerprint density at radius 3 is 2.47 bits per heavy atom. The van der Waals surface area contributed by atoms with Crippen molar-refractivity contribution in [1.29, 1.82) is 0 Å². The molecule has 0 aliphatic heterocycles. The van der Waals surface area contributed by atoms with Gasteiger partial charge in [0.05, 0.1) is 6.04 Å². The van der Waals surface area contributed by atoms with Crippen LogP contribution in [-0.2, 0) is 7.05 Å². The molecule has 0 saturated heterocycles. The van der Waals surface area contributed by atoms with Crippen LogP contribution in [0.2, 0.25) is 0 Å². The van der Waals surface area contributed by atoms with E-state index in [1.165, 1.54) is 0 Å². The van der Waals surface area contributed by atoms with Crippen LogP contribution in [-0.4, -0.2) is 16.1 Å². The third kappa shape index (κ3) is 3.34. The van der Waals surface area contributed by atoms with Crippen molar-refractivity contribution in [2.75, 3.05) is 6.54 Å². The lowest BCUT2D eigenvalue weighted by atomic mass is 9.98. The predicted molar refractivity (Wildman–Crippen MR) is 63.6 cm³/mol. The Morgan fingerprint density at radius 2 is 2.00 bits per heavy atom. The van der Waals surface area contributed by atoms with Crippen LogP contribution in [0.4, 0.5) is 0 Å². The highest BCUT2D eigenvalue weighted by Gasteiger charge is 2.12. The zero-order valence-corrected chi connectivity index (χ0v) is 10.5. The molecule has 2 unspecified atom stereocenters. The van der Waals surface area contributed by atoms with Crippen molar-refractivity contribution >= 4 is 0 Å². The maximum Gasteiger partial charge on any atom is 0.125 e. The molecule has 0 bridgehead atoms. The summed E-state index contributed by atoms with van der Waals surface area (Å²) >= 11 is 0. The van der Waals surface area contributed by atoms with Gasteiger partial charge in [-0.15, -0.1) is 0 Å². The van der Waals surface area contributed by atoms with Gasteiger partial charge < -0.3 is 9.88 Å². The minimum atomic E-state index is 0.325. The number of imidazole rings is 1. The van der Waals surface area contributed by atoms with Crippen molar-refractivity contribution in [3.8, 4) is 0 Å². The Kier molecular flexibility index (Phi) is 4.33. The van der Waals surface area contributed by atoms with E-state index in [2.05, 4.69) is 42.6 Å². The first-order valence-electron chi connectivity index (χ1n) is 5.73. The third-order valence-corrected chi connectivity index (χ3v) is 3.13. The predicted octanol–water partition coefficient (Wildman–Crippen LogP) is 2.36. The summed E-state index contributed by atoms with van der Waals surface area (Å²) in [5.41, 5.74) is 0.